The number of aliphatic hydroxyl groups excluding tert-OH is 1. The van der Waals surface area contributed by atoms with Gasteiger partial charge in [-0.25, -0.2) is 4.79 Å². The Morgan fingerprint density at radius 2 is 1.60 bits per heavy atom. The minimum Gasteiger partial charge on any atom is -0.449 e. The highest BCUT2D eigenvalue weighted by atomic mass is 19.4. The first-order valence-corrected chi connectivity index (χ1v) is 7.71. The zero-order chi connectivity index (χ0) is 18.0. The zero-order valence-corrected chi connectivity index (χ0v) is 13.1. The number of aliphatic hydroxyl groups is 1. The van der Waals surface area contributed by atoms with Crippen LogP contribution in [0, 0.1) is 0 Å². The average Bonchev–Trinajstić information content (AvgIpc) is 2.91. The smallest absolute Gasteiger partial charge is 0.410 e. The summed E-state index contributed by atoms with van der Waals surface area (Å²) in [6, 6.07) is 12.9. The Morgan fingerprint density at radius 1 is 1.08 bits per heavy atom. The molecule has 2 aromatic rings. The highest BCUT2D eigenvalue weighted by Gasteiger charge is 2.40. The van der Waals surface area contributed by atoms with Crippen molar-refractivity contribution in [3.8, 4) is 11.1 Å². The first-order valence-electron chi connectivity index (χ1n) is 7.71. The van der Waals surface area contributed by atoms with E-state index in [1.165, 1.54) is 0 Å². The van der Waals surface area contributed by atoms with E-state index in [1.807, 2.05) is 48.5 Å². The minimum absolute atomic E-state index is 0.0874. The van der Waals surface area contributed by atoms with Gasteiger partial charge in [-0.05, 0) is 22.3 Å². The lowest BCUT2D eigenvalue weighted by Gasteiger charge is -2.20. The summed E-state index contributed by atoms with van der Waals surface area (Å²) in [4.78, 5) is 11.7. The van der Waals surface area contributed by atoms with E-state index in [4.69, 9.17) is 9.84 Å². The van der Waals surface area contributed by atoms with Crippen LogP contribution in [-0.2, 0) is 4.74 Å². The Balaban J connectivity index is 1.72. The fraction of sp³-hybridized carbons (Fsp3) is 0.278. The van der Waals surface area contributed by atoms with Crippen molar-refractivity contribution in [3.05, 3.63) is 59.7 Å². The second-order valence-electron chi connectivity index (χ2n) is 5.75. The molecular formula is C18H16F3NO3. The fourth-order valence-corrected chi connectivity index (χ4v) is 3.01. The zero-order valence-electron chi connectivity index (χ0n) is 13.1. The van der Waals surface area contributed by atoms with Gasteiger partial charge in [0.2, 0.25) is 0 Å². The Morgan fingerprint density at radius 3 is 2.08 bits per heavy atom. The second-order valence-corrected chi connectivity index (χ2v) is 5.75. The van der Waals surface area contributed by atoms with E-state index < -0.39 is 24.9 Å². The Bertz CT molecular complexity index is 731. The van der Waals surface area contributed by atoms with Crippen LogP contribution in [0.25, 0.3) is 11.1 Å². The lowest BCUT2D eigenvalue weighted by atomic mass is 9.98. The molecule has 7 heteroatoms. The van der Waals surface area contributed by atoms with E-state index >= 15 is 0 Å². The van der Waals surface area contributed by atoms with Crippen LogP contribution in [0.1, 0.15) is 17.0 Å². The molecule has 3 rings (SSSR count). The van der Waals surface area contributed by atoms with Crippen molar-refractivity contribution in [2.75, 3.05) is 13.2 Å². The number of carbonyl (C=O) groups is 1. The summed E-state index contributed by atoms with van der Waals surface area (Å²) in [5.74, 6) is -0.239. The van der Waals surface area contributed by atoms with Gasteiger partial charge >= 0.3 is 12.3 Å². The van der Waals surface area contributed by atoms with Crippen LogP contribution >= 0.6 is 0 Å². The molecule has 0 aromatic heterocycles. The molecule has 1 unspecified atom stereocenters. The van der Waals surface area contributed by atoms with Gasteiger partial charge in [0.15, 0.2) is 6.04 Å². The summed E-state index contributed by atoms with van der Waals surface area (Å²) in [7, 11) is 0. The molecule has 0 saturated heterocycles. The number of rotatable bonds is 4. The van der Waals surface area contributed by atoms with E-state index in [2.05, 4.69) is 0 Å². The number of fused-ring (bicyclic) bond motifs is 3. The van der Waals surface area contributed by atoms with Crippen LogP contribution in [-0.4, -0.2) is 36.6 Å². The molecule has 0 heterocycles. The Labute approximate surface area is 142 Å². The van der Waals surface area contributed by atoms with Crippen molar-refractivity contribution in [2.45, 2.75) is 18.1 Å². The number of benzene rings is 2. The molecule has 1 atom stereocenters. The summed E-state index contributed by atoms with van der Waals surface area (Å²) < 4.78 is 42.8. The number of alkyl halides is 3. The van der Waals surface area contributed by atoms with Crippen molar-refractivity contribution in [1.29, 1.82) is 0 Å². The summed E-state index contributed by atoms with van der Waals surface area (Å²) in [5, 5.41) is 10.4. The number of carbonyl (C=O) groups excluding carboxylic acids is 1. The summed E-state index contributed by atoms with van der Waals surface area (Å²) in [6.45, 7) is -1.33. The van der Waals surface area contributed by atoms with Gasteiger partial charge in [0.05, 0.1) is 6.61 Å². The maximum Gasteiger partial charge on any atom is 0.410 e. The topological polar surface area (TPSA) is 58.6 Å². The highest BCUT2D eigenvalue weighted by Crippen LogP contribution is 2.44. The third kappa shape index (κ3) is 3.46. The van der Waals surface area contributed by atoms with Gasteiger partial charge in [0.25, 0.3) is 0 Å². The Hall–Kier alpha value is -2.54. The number of nitrogens with one attached hydrogen (secondary N) is 1. The predicted molar refractivity (Wildman–Crippen MR) is 85.1 cm³/mol. The molecule has 25 heavy (non-hydrogen) atoms. The quantitative estimate of drug-likeness (QED) is 0.887. The summed E-state index contributed by atoms with van der Waals surface area (Å²) in [6.07, 6.45) is -5.95. The van der Waals surface area contributed by atoms with E-state index in [0.29, 0.717) is 0 Å². The van der Waals surface area contributed by atoms with E-state index in [-0.39, 0.29) is 12.5 Å². The number of amides is 1. The molecule has 2 N–H and O–H groups in total. The molecule has 0 spiro atoms. The molecule has 1 aliphatic rings. The van der Waals surface area contributed by atoms with Crippen LogP contribution in [0.5, 0.6) is 0 Å². The molecule has 4 nitrogen and oxygen atoms in total. The molecule has 0 radical (unpaired) electrons. The number of halogens is 3. The molecule has 1 amide bonds. The molecule has 0 aliphatic heterocycles. The van der Waals surface area contributed by atoms with Crippen molar-refractivity contribution in [1.82, 2.24) is 5.32 Å². The number of ether oxygens (including phenoxy) is 1. The van der Waals surface area contributed by atoms with Crippen molar-refractivity contribution in [2.24, 2.45) is 0 Å². The molecule has 1 aliphatic carbocycles. The van der Waals surface area contributed by atoms with Crippen molar-refractivity contribution < 1.29 is 27.8 Å². The summed E-state index contributed by atoms with van der Waals surface area (Å²) in [5.41, 5.74) is 3.98. The van der Waals surface area contributed by atoms with Gasteiger partial charge in [-0.15, -0.1) is 0 Å². The second kappa shape index (κ2) is 6.76. The molecule has 132 valence electrons. The fourth-order valence-electron chi connectivity index (χ4n) is 3.01. The highest BCUT2D eigenvalue weighted by molar-refractivity contribution is 5.79. The van der Waals surface area contributed by atoms with Gasteiger partial charge in [-0.2, -0.15) is 13.2 Å². The lowest BCUT2D eigenvalue weighted by Crippen LogP contribution is -2.48. The van der Waals surface area contributed by atoms with Crippen LogP contribution in [0.15, 0.2) is 48.5 Å². The minimum atomic E-state index is -4.74. The molecule has 0 bridgehead atoms. The van der Waals surface area contributed by atoms with E-state index in [0.717, 1.165) is 22.3 Å². The number of hydrogen-bond acceptors (Lipinski definition) is 3. The first-order chi connectivity index (χ1) is 11.9. The van der Waals surface area contributed by atoms with Gasteiger partial charge in [-0.1, -0.05) is 48.5 Å². The van der Waals surface area contributed by atoms with Gasteiger partial charge < -0.3 is 15.2 Å². The standard InChI is InChI=1S/C18H16F3NO3/c19-18(20,21)16(9-23)22-17(24)25-10-15-13-7-3-1-5-11(13)12-6-2-4-8-14(12)15/h1-8,15-16,23H,9-10H2,(H,22,24). The molecule has 0 fully saturated rings. The van der Waals surface area contributed by atoms with Crippen LogP contribution in [0.2, 0.25) is 0 Å². The monoisotopic (exact) mass is 351 g/mol. The van der Waals surface area contributed by atoms with Gasteiger partial charge in [0, 0.05) is 5.92 Å². The van der Waals surface area contributed by atoms with Crippen LogP contribution in [0.3, 0.4) is 0 Å². The van der Waals surface area contributed by atoms with Gasteiger partial charge in [0.1, 0.15) is 6.61 Å². The van der Waals surface area contributed by atoms with Crippen LogP contribution < -0.4 is 5.32 Å². The average molecular weight is 351 g/mol. The predicted octanol–water partition coefficient (Wildman–Crippen LogP) is 3.45. The normalized spacial score (nSPS) is 14.6. The van der Waals surface area contributed by atoms with Crippen molar-refractivity contribution in [3.63, 3.8) is 0 Å². The molecule has 2 aromatic carbocycles. The maximum atomic E-state index is 12.6. The van der Waals surface area contributed by atoms with E-state index in [1.54, 1.807) is 5.32 Å². The van der Waals surface area contributed by atoms with Gasteiger partial charge in [-0.3, -0.25) is 0 Å². The largest absolute Gasteiger partial charge is 0.449 e. The Kier molecular flexibility index (Phi) is 4.67. The van der Waals surface area contributed by atoms with Crippen molar-refractivity contribution >= 4 is 6.09 Å². The molecular weight excluding hydrogens is 335 g/mol. The SMILES string of the molecule is O=C(NC(CO)C(F)(F)F)OCC1c2ccccc2-c2ccccc21. The molecule has 0 saturated carbocycles. The number of hydrogen-bond donors (Lipinski definition) is 2. The third-order valence-corrected chi connectivity index (χ3v) is 4.21. The van der Waals surface area contributed by atoms with E-state index in [9.17, 15) is 18.0 Å². The number of alkyl carbamates (subject to hydrolysis) is 1. The van der Waals surface area contributed by atoms with Crippen LogP contribution in [0.4, 0.5) is 18.0 Å². The lowest BCUT2D eigenvalue weighted by molar-refractivity contribution is -0.162. The summed E-state index contributed by atoms with van der Waals surface area (Å²) >= 11 is 0. The maximum absolute atomic E-state index is 12.6. The first kappa shape index (κ1) is 17.3. The third-order valence-electron chi connectivity index (χ3n) is 4.21.